The Hall–Kier alpha value is -2.33. The topological polar surface area (TPSA) is 49.4 Å². The third kappa shape index (κ3) is 2.70. The first-order valence-electron chi connectivity index (χ1n) is 7.00. The second kappa shape index (κ2) is 5.81. The predicted molar refractivity (Wildman–Crippen MR) is 87.2 cm³/mol. The highest BCUT2D eigenvalue weighted by Crippen LogP contribution is 2.32. The summed E-state index contributed by atoms with van der Waals surface area (Å²) in [7, 11) is 0. The van der Waals surface area contributed by atoms with Crippen molar-refractivity contribution in [3.63, 3.8) is 0 Å². The van der Waals surface area contributed by atoms with Crippen LogP contribution in [0.2, 0.25) is 5.02 Å². The van der Waals surface area contributed by atoms with Crippen molar-refractivity contribution >= 4 is 34.8 Å². The number of hydrogen-bond donors (Lipinski definition) is 1. The van der Waals surface area contributed by atoms with Gasteiger partial charge in [-0.15, -0.1) is 0 Å². The van der Waals surface area contributed by atoms with E-state index in [0.29, 0.717) is 17.1 Å². The molecule has 1 aliphatic rings. The zero-order valence-electron chi connectivity index (χ0n) is 12.0. The lowest BCUT2D eigenvalue weighted by Crippen LogP contribution is -2.44. The van der Waals surface area contributed by atoms with Gasteiger partial charge in [-0.25, -0.2) is 0 Å². The summed E-state index contributed by atoms with van der Waals surface area (Å²) in [6, 6.07) is 14.0. The molecule has 0 aliphatic carbocycles. The molecule has 2 aromatic rings. The molecule has 22 heavy (non-hydrogen) atoms. The Morgan fingerprint density at radius 3 is 2.68 bits per heavy atom. The van der Waals surface area contributed by atoms with Gasteiger partial charge in [-0.05, 0) is 29.8 Å². The van der Waals surface area contributed by atoms with E-state index in [1.54, 1.807) is 29.2 Å². The second-order valence-electron chi connectivity index (χ2n) is 5.24. The molecule has 2 amide bonds. The van der Waals surface area contributed by atoms with Crippen molar-refractivity contribution in [1.29, 1.82) is 0 Å². The van der Waals surface area contributed by atoms with Gasteiger partial charge in [0, 0.05) is 29.7 Å². The third-order valence-corrected chi connectivity index (χ3v) is 3.95. The summed E-state index contributed by atoms with van der Waals surface area (Å²) >= 11 is 5.92. The number of halogens is 1. The molecule has 1 aliphatic heterocycles. The summed E-state index contributed by atoms with van der Waals surface area (Å²) in [6.07, 6.45) is 0.516. The highest BCUT2D eigenvalue weighted by molar-refractivity contribution is 6.30. The molecule has 2 aromatic carbocycles. The molecule has 0 saturated heterocycles. The first-order chi connectivity index (χ1) is 10.6. The number of rotatable bonds is 2. The Bertz CT molecular complexity index is 745. The standard InChI is InChI=1S/C17H15ClN2O2/c1-11(21)20-15-8-3-2-5-12(15)9-16(20)17(22)19-14-7-4-6-13(18)10-14/h2-8,10,16H,9H2,1H3,(H,19,22)/t16-/m1/s1. The summed E-state index contributed by atoms with van der Waals surface area (Å²) < 4.78 is 0. The molecule has 0 saturated carbocycles. The first-order valence-corrected chi connectivity index (χ1v) is 7.38. The number of benzene rings is 2. The van der Waals surface area contributed by atoms with Gasteiger partial charge in [0.2, 0.25) is 11.8 Å². The summed E-state index contributed by atoms with van der Waals surface area (Å²) in [6.45, 7) is 1.47. The van der Waals surface area contributed by atoms with Gasteiger partial charge >= 0.3 is 0 Å². The van der Waals surface area contributed by atoms with E-state index in [9.17, 15) is 9.59 Å². The number of para-hydroxylation sites is 1. The van der Waals surface area contributed by atoms with Crippen LogP contribution in [0.4, 0.5) is 11.4 Å². The van der Waals surface area contributed by atoms with Gasteiger partial charge in [-0.2, -0.15) is 0 Å². The van der Waals surface area contributed by atoms with Gasteiger partial charge in [-0.3, -0.25) is 14.5 Å². The monoisotopic (exact) mass is 314 g/mol. The maximum atomic E-state index is 12.6. The molecule has 1 heterocycles. The van der Waals surface area contributed by atoms with Gasteiger partial charge in [0.1, 0.15) is 6.04 Å². The van der Waals surface area contributed by atoms with Crippen LogP contribution in [0.3, 0.4) is 0 Å². The van der Waals surface area contributed by atoms with E-state index in [-0.39, 0.29) is 11.8 Å². The number of anilines is 2. The van der Waals surface area contributed by atoms with Crippen LogP contribution < -0.4 is 10.2 Å². The lowest BCUT2D eigenvalue weighted by atomic mass is 10.1. The van der Waals surface area contributed by atoms with Crippen LogP contribution in [0.1, 0.15) is 12.5 Å². The molecule has 0 bridgehead atoms. The Labute approximate surface area is 133 Å². The zero-order valence-corrected chi connectivity index (χ0v) is 12.8. The van der Waals surface area contributed by atoms with Crippen molar-refractivity contribution < 1.29 is 9.59 Å². The predicted octanol–water partition coefficient (Wildman–Crippen LogP) is 3.26. The lowest BCUT2D eigenvalue weighted by molar-refractivity contribution is -0.122. The van der Waals surface area contributed by atoms with Gasteiger partial charge in [0.05, 0.1) is 0 Å². The second-order valence-corrected chi connectivity index (χ2v) is 5.67. The lowest BCUT2D eigenvalue weighted by Gasteiger charge is -2.23. The molecule has 4 nitrogen and oxygen atoms in total. The van der Waals surface area contributed by atoms with Crippen LogP contribution in [-0.2, 0) is 16.0 Å². The quantitative estimate of drug-likeness (QED) is 0.925. The molecular formula is C17H15ClN2O2. The fourth-order valence-electron chi connectivity index (χ4n) is 2.78. The summed E-state index contributed by atoms with van der Waals surface area (Å²) in [5, 5.41) is 3.38. The smallest absolute Gasteiger partial charge is 0.247 e. The Morgan fingerprint density at radius 2 is 1.95 bits per heavy atom. The van der Waals surface area contributed by atoms with E-state index < -0.39 is 6.04 Å². The minimum absolute atomic E-state index is 0.142. The van der Waals surface area contributed by atoms with E-state index in [0.717, 1.165) is 11.3 Å². The molecule has 1 N–H and O–H groups in total. The van der Waals surface area contributed by atoms with Gasteiger partial charge in [0.25, 0.3) is 0 Å². The number of fused-ring (bicyclic) bond motifs is 1. The molecule has 0 aromatic heterocycles. The van der Waals surface area contributed by atoms with Crippen molar-refractivity contribution in [2.75, 3.05) is 10.2 Å². The first kappa shape index (κ1) is 14.6. The minimum atomic E-state index is -0.533. The highest BCUT2D eigenvalue weighted by atomic mass is 35.5. The van der Waals surface area contributed by atoms with E-state index in [1.165, 1.54) is 6.92 Å². The number of hydrogen-bond acceptors (Lipinski definition) is 2. The van der Waals surface area contributed by atoms with Crippen LogP contribution in [0.25, 0.3) is 0 Å². The highest BCUT2D eigenvalue weighted by Gasteiger charge is 2.36. The normalized spacial score (nSPS) is 16.3. The van der Waals surface area contributed by atoms with Crippen molar-refractivity contribution in [2.24, 2.45) is 0 Å². The zero-order chi connectivity index (χ0) is 15.7. The van der Waals surface area contributed by atoms with E-state index >= 15 is 0 Å². The Morgan fingerprint density at radius 1 is 1.18 bits per heavy atom. The largest absolute Gasteiger partial charge is 0.324 e. The van der Waals surface area contributed by atoms with Crippen molar-refractivity contribution in [3.8, 4) is 0 Å². The number of amides is 2. The summed E-state index contributed by atoms with van der Waals surface area (Å²) in [5.74, 6) is -0.357. The molecule has 112 valence electrons. The molecule has 1 atom stereocenters. The molecule has 0 spiro atoms. The SMILES string of the molecule is CC(=O)N1c2ccccc2C[C@@H]1C(=O)Nc1cccc(Cl)c1. The van der Waals surface area contributed by atoms with Crippen LogP contribution in [0, 0.1) is 0 Å². The molecule has 5 heteroatoms. The molecule has 0 radical (unpaired) electrons. The van der Waals surface area contributed by atoms with Gasteiger partial charge in [0.15, 0.2) is 0 Å². The van der Waals surface area contributed by atoms with Crippen LogP contribution in [0.15, 0.2) is 48.5 Å². The molecule has 0 unspecified atom stereocenters. The fourth-order valence-corrected chi connectivity index (χ4v) is 2.97. The third-order valence-electron chi connectivity index (χ3n) is 3.71. The number of nitrogens with one attached hydrogen (secondary N) is 1. The summed E-state index contributed by atoms with van der Waals surface area (Å²) in [4.78, 5) is 26.1. The van der Waals surface area contributed by atoms with E-state index in [4.69, 9.17) is 11.6 Å². The Kier molecular flexibility index (Phi) is 3.86. The maximum Gasteiger partial charge on any atom is 0.247 e. The number of carbonyl (C=O) groups is 2. The van der Waals surface area contributed by atoms with Crippen molar-refractivity contribution in [2.45, 2.75) is 19.4 Å². The van der Waals surface area contributed by atoms with E-state index in [2.05, 4.69) is 5.32 Å². The number of carbonyl (C=O) groups excluding carboxylic acids is 2. The molecular weight excluding hydrogens is 300 g/mol. The van der Waals surface area contributed by atoms with Gasteiger partial charge in [-0.1, -0.05) is 35.9 Å². The average Bonchev–Trinajstić information content (AvgIpc) is 2.87. The van der Waals surface area contributed by atoms with Crippen LogP contribution >= 0.6 is 11.6 Å². The average molecular weight is 315 g/mol. The molecule has 0 fully saturated rings. The fraction of sp³-hybridized carbons (Fsp3) is 0.176. The Balaban J connectivity index is 1.85. The van der Waals surface area contributed by atoms with Crippen molar-refractivity contribution in [3.05, 3.63) is 59.1 Å². The maximum absolute atomic E-state index is 12.6. The minimum Gasteiger partial charge on any atom is -0.324 e. The van der Waals surface area contributed by atoms with Crippen LogP contribution in [0.5, 0.6) is 0 Å². The molecule has 3 rings (SSSR count). The van der Waals surface area contributed by atoms with E-state index in [1.807, 2.05) is 24.3 Å². The summed E-state index contributed by atoms with van der Waals surface area (Å²) in [5.41, 5.74) is 2.43. The van der Waals surface area contributed by atoms with Gasteiger partial charge < -0.3 is 5.32 Å². The number of nitrogens with zero attached hydrogens (tertiary/aromatic N) is 1. The van der Waals surface area contributed by atoms with Crippen molar-refractivity contribution in [1.82, 2.24) is 0 Å². The van der Waals surface area contributed by atoms with Crippen LogP contribution in [-0.4, -0.2) is 17.9 Å².